The van der Waals surface area contributed by atoms with E-state index >= 15 is 0 Å². The normalized spacial score (nSPS) is 16.5. The fourth-order valence-corrected chi connectivity index (χ4v) is 4.43. The Hall–Kier alpha value is -3.77. The minimum absolute atomic E-state index is 0.00323. The van der Waals surface area contributed by atoms with Crippen molar-refractivity contribution < 1.29 is 28.1 Å². The van der Waals surface area contributed by atoms with Gasteiger partial charge in [0, 0.05) is 43.8 Å². The molecule has 1 fully saturated rings. The minimum Gasteiger partial charge on any atom is -0.487 e. The number of halogens is 3. The van der Waals surface area contributed by atoms with Crippen molar-refractivity contribution in [2.45, 2.75) is 57.7 Å². The van der Waals surface area contributed by atoms with E-state index in [1.807, 2.05) is 4.90 Å². The smallest absolute Gasteiger partial charge is 0.181 e. The van der Waals surface area contributed by atoms with E-state index in [1.165, 1.54) is 45.4 Å². The maximum atomic E-state index is 14.1. The second-order valence-electron chi connectivity index (χ2n) is 10.4. The van der Waals surface area contributed by atoms with E-state index < -0.39 is 29.6 Å². The van der Waals surface area contributed by atoms with Crippen molar-refractivity contribution in [1.82, 2.24) is 24.7 Å². The molecule has 0 spiro atoms. The van der Waals surface area contributed by atoms with Crippen molar-refractivity contribution in [3.05, 3.63) is 60.2 Å². The lowest BCUT2D eigenvalue weighted by Gasteiger charge is -2.35. The fourth-order valence-electron chi connectivity index (χ4n) is 4.43. The molecule has 3 aromatic heterocycles. The Labute approximate surface area is 222 Å². The Kier molecular flexibility index (Phi) is 6.93. The van der Waals surface area contributed by atoms with Crippen molar-refractivity contribution in [1.29, 1.82) is 0 Å². The number of hydrogen-bond acceptors (Lipinski definition) is 8. The number of benzene rings is 1. The van der Waals surface area contributed by atoms with Crippen LogP contribution in [0.15, 0.2) is 42.9 Å². The van der Waals surface area contributed by atoms with Gasteiger partial charge in [-0.1, -0.05) is 0 Å². The lowest BCUT2D eigenvalue weighted by atomic mass is 9.84. The van der Waals surface area contributed by atoms with Gasteiger partial charge in [-0.3, -0.25) is 4.98 Å². The number of anilines is 1. The van der Waals surface area contributed by atoms with Gasteiger partial charge in [0.2, 0.25) is 0 Å². The van der Waals surface area contributed by atoms with Crippen LogP contribution in [0.25, 0.3) is 22.3 Å². The topological polar surface area (TPSA) is 109 Å². The van der Waals surface area contributed by atoms with Crippen LogP contribution in [0.4, 0.5) is 19.0 Å². The maximum absolute atomic E-state index is 14.1. The number of fused-ring (bicyclic) bond motifs is 1. The maximum Gasteiger partial charge on any atom is 0.181 e. The van der Waals surface area contributed by atoms with Crippen LogP contribution in [0.1, 0.15) is 39.3 Å². The number of aromatic nitrogens is 5. The summed E-state index contributed by atoms with van der Waals surface area (Å²) < 4.78 is 47.5. The summed E-state index contributed by atoms with van der Waals surface area (Å²) in [6.45, 7) is 4.67. The van der Waals surface area contributed by atoms with Gasteiger partial charge in [-0.15, -0.1) is 0 Å². The van der Waals surface area contributed by atoms with Gasteiger partial charge in [0.25, 0.3) is 0 Å². The van der Waals surface area contributed by atoms with E-state index in [2.05, 4.69) is 10.1 Å². The molecule has 0 bridgehead atoms. The number of hydrogen-bond donors (Lipinski definition) is 2. The second kappa shape index (κ2) is 10.1. The van der Waals surface area contributed by atoms with Gasteiger partial charge in [-0.2, -0.15) is 5.10 Å². The monoisotopic (exact) mass is 542 g/mol. The Bertz CT molecular complexity index is 1500. The zero-order valence-electron chi connectivity index (χ0n) is 21.8. The van der Waals surface area contributed by atoms with Crippen LogP contribution in [-0.2, 0) is 12.4 Å². The molecule has 0 aliphatic carbocycles. The molecule has 39 heavy (non-hydrogen) atoms. The SMILES string of the molecule is CC(C)(O)[C@](C)(O)c1cc2nc(-c3cnn(CF)c3)c(N3CCC(Oc4ccc(F)cc4F)CC3)nc2cn1. The molecule has 0 amide bonds. The number of pyridine rings is 1. The van der Waals surface area contributed by atoms with Crippen LogP contribution in [0.3, 0.4) is 0 Å². The van der Waals surface area contributed by atoms with E-state index in [1.54, 1.807) is 6.07 Å². The average molecular weight is 543 g/mol. The van der Waals surface area contributed by atoms with Gasteiger partial charge in [-0.25, -0.2) is 27.8 Å². The first-order chi connectivity index (χ1) is 18.5. The van der Waals surface area contributed by atoms with E-state index in [4.69, 9.17) is 14.7 Å². The third kappa shape index (κ3) is 5.26. The summed E-state index contributed by atoms with van der Waals surface area (Å²) in [7, 11) is 0. The first-order valence-electron chi connectivity index (χ1n) is 12.5. The lowest BCUT2D eigenvalue weighted by Crippen LogP contribution is -2.45. The third-order valence-electron chi connectivity index (χ3n) is 7.18. The molecule has 1 aromatic carbocycles. The van der Waals surface area contributed by atoms with Crippen LogP contribution in [-0.4, -0.2) is 59.7 Å². The molecule has 0 radical (unpaired) electrons. The molecule has 1 aliphatic heterocycles. The van der Waals surface area contributed by atoms with Crippen LogP contribution >= 0.6 is 0 Å². The van der Waals surface area contributed by atoms with E-state index in [-0.39, 0.29) is 17.5 Å². The number of rotatable bonds is 7. The molecule has 9 nitrogen and oxygen atoms in total. The second-order valence-corrected chi connectivity index (χ2v) is 10.4. The molecule has 2 N–H and O–H groups in total. The predicted molar refractivity (Wildman–Crippen MR) is 138 cm³/mol. The molecule has 206 valence electrons. The molecule has 12 heteroatoms. The molecule has 0 unspecified atom stereocenters. The van der Waals surface area contributed by atoms with Crippen LogP contribution in [0.2, 0.25) is 0 Å². The lowest BCUT2D eigenvalue weighted by molar-refractivity contribution is -0.127. The van der Waals surface area contributed by atoms with Crippen molar-refractivity contribution in [3.63, 3.8) is 0 Å². The Balaban J connectivity index is 1.47. The zero-order chi connectivity index (χ0) is 27.9. The summed E-state index contributed by atoms with van der Waals surface area (Å²) in [5.41, 5.74) is -0.999. The highest BCUT2D eigenvalue weighted by molar-refractivity contribution is 5.83. The van der Waals surface area contributed by atoms with Gasteiger partial charge in [0.05, 0.1) is 29.2 Å². The van der Waals surface area contributed by atoms with Crippen LogP contribution < -0.4 is 9.64 Å². The van der Waals surface area contributed by atoms with Crippen molar-refractivity contribution in [2.75, 3.05) is 18.0 Å². The van der Waals surface area contributed by atoms with Crippen molar-refractivity contribution >= 4 is 16.9 Å². The standard InChI is InChI=1S/C27H29F3N6O3/c1-26(2,37)27(3,38)23-11-20-21(13-31-23)34-25(24(33-20)16-12-32-36(14-16)15-28)35-8-6-18(7-9-35)39-22-5-4-17(29)10-19(22)30/h4-5,10-14,18,37-38H,6-9,15H2,1-3H3/t27-/m1/s1. The molecular formula is C27H29F3N6O3. The quantitative estimate of drug-likeness (QED) is 0.359. The summed E-state index contributed by atoms with van der Waals surface area (Å²) >= 11 is 0. The van der Waals surface area contributed by atoms with Crippen LogP contribution in [0.5, 0.6) is 5.75 Å². The Morgan fingerprint density at radius 2 is 1.77 bits per heavy atom. The summed E-state index contributed by atoms with van der Waals surface area (Å²) in [6, 6.07) is 4.80. The minimum atomic E-state index is -1.66. The fraction of sp³-hybridized carbons (Fsp3) is 0.407. The number of alkyl halides is 1. The highest BCUT2D eigenvalue weighted by Gasteiger charge is 2.41. The summed E-state index contributed by atoms with van der Waals surface area (Å²) in [5, 5.41) is 25.4. The first-order valence-corrected chi connectivity index (χ1v) is 12.5. The third-order valence-corrected chi connectivity index (χ3v) is 7.18. The largest absolute Gasteiger partial charge is 0.487 e. The molecule has 1 aliphatic rings. The molecular weight excluding hydrogens is 513 g/mol. The molecule has 4 heterocycles. The Morgan fingerprint density at radius 3 is 2.41 bits per heavy atom. The van der Waals surface area contributed by atoms with Gasteiger partial charge in [0.15, 0.2) is 24.2 Å². The van der Waals surface area contributed by atoms with E-state index in [0.29, 0.717) is 54.0 Å². The predicted octanol–water partition coefficient (Wildman–Crippen LogP) is 4.12. The number of aliphatic hydroxyl groups is 2. The summed E-state index contributed by atoms with van der Waals surface area (Å²) in [6.07, 6.45) is 5.34. The molecule has 0 saturated carbocycles. The van der Waals surface area contributed by atoms with Gasteiger partial charge >= 0.3 is 0 Å². The molecule has 1 saturated heterocycles. The molecule has 5 rings (SSSR count). The van der Waals surface area contributed by atoms with Crippen molar-refractivity contribution in [2.24, 2.45) is 0 Å². The van der Waals surface area contributed by atoms with Crippen molar-refractivity contribution in [3.8, 4) is 17.0 Å². The summed E-state index contributed by atoms with van der Waals surface area (Å²) in [4.78, 5) is 16.0. The highest BCUT2D eigenvalue weighted by Crippen LogP contribution is 2.35. The van der Waals surface area contributed by atoms with Gasteiger partial charge in [0.1, 0.15) is 28.7 Å². The zero-order valence-corrected chi connectivity index (χ0v) is 21.8. The number of ether oxygens (including phenoxy) is 1. The number of nitrogens with zero attached hydrogens (tertiary/aromatic N) is 6. The highest BCUT2D eigenvalue weighted by atomic mass is 19.1. The average Bonchev–Trinajstić information content (AvgIpc) is 3.38. The first kappa shape index (κ1) is 26.8. The van der Waals surface area contributed by atoms with Gasteiger partial charge in [-0.05, 0) is 39.0 Å². The summed E-state index contributed by atoms with van der Waals surface area (Å²) in [5.74, 6) is -0.876. The van der Waals surface area contributed by atoms with Gasteiger partial charge < -0.3 is 19.8 Å². The van der Waals surface area contributed by atoms with Crippen LogP contribution in [0, 0.1) is 11.6 Å². The van der Waals surface area contributed by atoms with E-state index in [0.717, 1.165) is 16.8 Å². The molecule has 1 atom stereocenters. The molecule has 4 aromatic rings. The number of piperidine rings is 1. The van der Waals surface area contributed by atoms with E-state index in [9.17, 15) is 23.4 Å². The Morgan fingerprint density at radius 1 is 1.03 bits per heavy atom.